The smallest absolute Gasteiger partial charge is 0.408 e. The Bertz CT molecular complexity index is 1180. The highest BCUT2D eigenvalue weighted by Crippen LogP contribution is 2.44. The van der Waals surface area contributed by atoms with Gasteiger partial charge in [-0.1, -0.05) is 5.16 Å². The van der Waals surface area contributed by atoms with Crippen LogP contribution in [-0.2, 0) is 11.3 Å². The van der Waals surface area contributed by atoms with Crippen molar-refractivity contribution in [1.29, 1.82) is 0 Å². The van der Waals surface area contributed by atoms with E-state index in [1.165, 1.54) is 11.3 Å². The number of thiophene rings is 1. The number of nitrogens with zero attached hydrogens (tertiary/aromatic N) is 1. The maximum atomic E-state index is 11.9. The van der Waals surface area contributed by atoms with Gasteiger partial charge >= 0.3 is 6.09 Å². The molecule has 4 rings (SSSR count). The molecule has 0 aromatic carbocycles. The molecule has 0 radical (unpaired) electrons. The average Bonchev–Trinajstić information content (AvgIpc) is 3.43. The molecule has 0 fully saturated rings. The third-order valence-corrected chi connectivity index (χ3v) is 6.80. The number of allylic oxidation sites excluding steroid dienone is 1. The summed E-state index contributed by atoms with van der Waals surface area (Å²) in [6.45, 7) is 9.26. The van der Waals surface area contributed by atoms with Crippen LogP contribution in [0, 0.1) is 13.8 Å². The largest absolute Gasteiger partial charge is 0.462 e. The standard InChI is InChI=1S/C24H27ClN2O5S/c1-12-20(13(2)32-27-12)21(28)19-7-6-18(33-19)14-8-15-9-16(30-22(15)17(25)10-14)11-26-23(29)31-24(3,4)5/h6-9,17,21,28H,10-11H2,1-5H3,(H,26,29). The molecule has 1 amide bonds. The minimum Gasteiger partial charge on any atom is -0.462 e. The summed E-state index contributed by atoms with van der Waals surface area (Å²) in [6.07, 6.45) is 1.36. The van der Waals surface area contributed by atoms with Crippen LogP contribution in [0.15, 0.2) is 27.1 Å². The number of amides is 1. The highest BCUT2D eigenvalue weighted by Gasteiger charge is 2.27. The van der Waals surface area contributed by atoms with Crippen molar-refractivity contribution in [2.75, 3.05) is 0 Å². The molecular formula is C24H27ClN2O5S. The molecule has 3 heterocycles. The normalized spacial score (nSPS) is 16.8. The maximum absolute atomic E-state index is 11.9. The van der Waals surface area contributed by atoms with Gasteiger partial charge in [0.15, 0.2) is 0 Å². The number of rotatable bonds is 5. The first-order valence-electron chi connectivity index (χ1n) is 10.7. The number of aliphatic hydroxyl groups is 1. The summed E-state index contributed by atoms with van der Waals surface area (Å²) in [5.74, 6) is 1.91. The first kappa shape index (κ1) is 23.6. The van der Waals surface area contributed by atoms with Crippen molar-refractivity contribution in [3.8, 4) is 0 Å². The van der Waals surface area contributed by atoms with E-state index in [2.05, 4.69) is 10.5 Å². The van der Waals surface area contributed by atoms with Crippen LogP contribution in [0.1, 0.15) is 82.5 Å². The minimum absolute atomic E-state index is 0.210. The predicted molar refractivity (Wildman–Crippen MR) is 127 cm³/mol. The third kappa shape index (κ3) is 5.18. The third-order valence-electron chi connectivity index (χ3n) is 5.24. The van der Waals surface area contributed by atoms with Crippen molar-refractivity contribution in [3.05, 3.63) is 62.1 Å². The number of aromatic nitrogens is 1. The number of hydrogen-bond acceptors (Lipinski definition) is 7. The second-order valence-electron chi connectivity index (χ2n) is 9.07. The van der Waals surface area contributed by atoms with Gasteiger partial charge in [-0.15, -0.1) is 22.9 Å². The number of alkyl carbamates (subject to hydrolysis) is 1. The zero-order chi connectivity index (χ0) is 23.9. The lowest BCUT2D eigenvalue weighted by atomic mass is 9.96. The Balaban J connectivity index is 1.51. The average molecular weight is 491 g/mol. The summed E-state index contributed by atoms with van der Waals surface area (Å²) in [5, 5.41) is 17.2. The molecular weight excluding hydrogens is 464 g/mol. The number of furan rings is 1. The number of ether oxygens (including phenoxy) is 1. The van der Waals surface area contributed by atoms with Crippen LogP contribution in [0.2, 0.25) is 0 Å². The van der Waals surface area contributed by atoms with E-state index >= 15 is 0 Å². The molecule has 3 aromatic heterocycles. The molecule has 2 unspecified atom stereocenters. The lowest BCUT2D eigenvalue weighted by Crippen LogP contribution is -2.32. The van der Waals surface area contributed by atoms with Gasteiger partial charge in [0.1, 0.15) is 29.0 Å². The molecule has 1 aliphatic rings. The van der Waals surface area contributed by atoms with E-state index in [1.54, 1.807) is 6.92 Å². The fourth-order valence-electron chi connectivity index (χ4n) is 3.79. The zero-order valence-electron chi connectivity index (χ0n) is 19.2. The molecule has 0 aliphatic heterocycles. The van der Waals surface area contributed by atoms with Gasteiger partial charge in [0, 0.05) is 15.3 Å². The molecule has 0 bridgehead atoms. The molecule has 2 N–H and O–H groups in total. The zero-order valence-corrected chi connectivity index (χ0v) is 20.8. The number of carbonyl (C=O) groups is 1. The number of alkyl halides is 1. The van der Waals surface area contributed by atoms with Crippen molar-refractivity contribution in [3.63, 3.8) is 0 Å². The molecule has 0 saturated heterocycles. The molecule has 33 heavy (non-hydrogen) atoms. The summed E-state index contributed by atoms with van der Waals surface area (Å²) in [5.41, 5.74) is 2.78. The summed E-state index contributed by atoms with van der Waals surface area (Å²) < 4.78 is 16.4. The van der Waals surface area contributed by atoms with Gasteiger partial charge in [-0.05, 0) is 70.9 Å². The van der Waals surface area contributed by atoms with Crippen LogP contribution in [0.4, 0.5) is 4.79 Å². The quantitative estimate of drug-likeness (QED) is 0.408. The number of halogens is 1. The molecule has 0 saturated carbocycles. The van der Waals surface area contributed by atoms with Gasteiger partial charge in [-0.3, -0.25) is 0 Å². The van der Waals surface area contributed by atoms with Gasteiger partial charge in [0.25, 0.3) is 0 Å². The van der Waals surface area contributed by atoms with Crippen LogP contribution < -0.4 is 5.32 Å². The van der Waals surface area contributed by atoms with Crippen molar-refractivity contribution >= 4 is 40.7 Å². The van der Waals surface area contributed by atoms with Gasteiger partial charge < -0.3 is 24.1 Å². The lowest BCUT2D eigenvalue weighted by Gasteiger charge is -2.19. The second kappa shape index (κ2) is 9.00. The lowest BCUT2D eigenvalue weighted by molar-refractivity contribution is 0.0519. The summed E-state index contributed by atoms with van der Waals surface area (Å²) in [4.78, 5) is 13.8. The summed E-state index contributed by atoms with van der Waals surface area (Å²) in [7, 11) is 0. The van der Waals surface area contributed by atoms with Crippen LogP contribution in [0.3, 0.4) is 0 Å². The van der Waals surface area contributed by atoms with E-state index < -0.39 is 17.8 Å². The molecule has 3 aromatic rings. The van der Waals surface area contributed by atoms with Crippen LogP contribution in [0.5, 0.6) is 0 Å². The Labute approximate surface area is 201 Å². The molecule has 2 atom stereocenters. The topological polar surface area (TPSA) is 97.7 Å². The molecule has 9 heteroatoms. The molecule has 176 valence electrons. The van der Waals surface area contributed by atoms with E-state index in [9.17, 15) is 9.90 Å². The predicted octanol–water partition coefficient (Wildman–Crippen LogP) is 6.28. The number of hydrogen-bond donors (Lipinski definition) is 2. The van der Waals surface area contributed by atoms with Gasteiger partial charge in [0.05, 0.1) is 23.2 Å². The molecule has 7 nitrogen and oxygen atoms in total. The fraction of sp³-hybridized carbons (Fsp3) is 0.417. The molecule has 1 aliphatic carbocycles. The molecule has 0 spiro atoms. The van der Waals surface area contributed by atoms with E-state index in [-0.39, 0.29) is 11.9 Å². The highest BCUT2D eigenvalue weighted by molar-refractivity contribution is 7.13. The van der Waals surface area contributed by atoms with Gasteiger partial charge in [-0.25, -0.2) is 4.79 Å². The van der Waals surface area contributed by atoms with Gasteiger partial charge in [-0.2, -0.15) is 0 Å². The minimum atomic E-state index is -0.791. The Hall–Kier alpha value is -2.55. The fourth-order valence-corrected chi connectivity index (χ4v) is 5.16. The summed E-state index contributed by atoms with van der Waals surface area (Å²) >= 11 is 8.15. The SMILES string of the molecule is Cc1noc(C)c1C(O)c1ccc(C2=Cc3cc(CNC(=O)OC(C)(C)C)oc3C(Cl)C2)s1. The van der Waals surface area contributed by atoms with E-state index in [4.69, 9.17) is 25.3 Å². The second-order valence-corrected chi connectivity index (χ2v) is 10.7. The first-order valence-corrected chi connectivity index (χ1v) is 11.9. The Morgan fingerprint density at radius 2 is 2.15 bits per heavy atom. The van der Waals surface area contributed by atoms with Crippen molar-refractivity contribution in [1.82, 2.24) is 10.5 Å². The number of aryl methyl sites for hydroxylation is 2. The maximum Gasteiger partial charge on any atom is 0.408 e. The van der Waals surface area contributed by atoms with Crippen LogP contribution in [0.25, 0.3) is 11.6 Å². The monoisotopic (exact) mass is 490 g/mol. The van der Waals surface area contributed by atoms with Crippen molar-refractivity contribution in [2.24, 2.45) is 0 Å². The number of carbonyl (C=O) groups excluding carboxylic acids is 1. The number of fused-ring (bicyclic) bond motifs is 1. The van der Waals surface area contributed by atoms with E-state index in [0.29, 0.717) is 35.0 Å². The highest BCUT2D eigenvalue weighted by atomic mass is 35.5. The van der Waals surface area contributed by atoms with Crippen molar-refractivity contribution < 1.29 is 23.6 Å². The van der Waals surface area contributed by atoms with Crippen LogP contribution >= 0.6 is 22.9 Å². The van der Waals surface area contributed by atoms with Gasteiger partial charge in [0.2, 0.25) is 0 Å². The van der Waals surface area contributed by atoms with E-state index in [0.717, 1.165) is 20.9 Å². The summed E-state index contributed by atoms with van der Waals surface area (Å²) in [6, 6.07) is 5.79. The Morgan fingerprint density at radius 3 is 2.82 bits per heavy atom. The van der Waals surface area contributed by atoms with E-state index in [1.807, 2.05) is 52.0 Å². The number of aliphatic hydroxyl groups excluding tert-OH is 1. The van der Waals surface area contributed by atoms with Crippen molar-refractivity contribution in [2.45, 2.75) is 64.7 Å². The number of nitrogens with one attached hydrogen (secondary N) is 1. The van der Waals surface area contributed by atoms with Crippen LogP contribution in [-0.4, -0.2) is 22.0 Å². The Morgan fingerprint density at radius 1 is 1.39 bits per heavy atom. The first-order chi connectivity index (χ1) is 15.5. The Kier molecular flexibility index (Phi) is 6.44.